The van der Waals surface area contributed by atoms with Crippen LogP contribution in [0.25, 0.3) is 10.2 Å². The van der Waals surface area contributed by atoms with Crippen LogP contribution in [-0.2, 0) is 24.2 Å². The maximum absolute atomic E-state index is 12.9. The Bertz CT molecular complexity index is 905. The van der Waals surface area contributed by atoms with Crippen LogP contribution in [0.2, 0.25) is 0 Å². The first-order valence-corrected chi connectivity index (χ1v) is 10.3. The molecular weight excluding hydrogens is 384 g/mol. The standard InChI is InChI=1S/C19H26N4O2S.ClH/c1-19(10-20,12-6-7-12)22-15(24)8-9-23-11-21-17-16(18(23)25)13-4-2-3-5-14(13)26-17;/h11-12H,2-10,20H2,1H3,(H,22,24);1H. The predicted octanol–water partition coefficient (Wildman–Crippen LogP) is 2.39. The summed E-state index contributed by atoms with van der Waals surface area (Å²) >= 11 is 1.65. The van der Waals surface area contributed by atoms with E-state index in [2.05, 4.69) is 10.3 Å². The normalized spacial score (nSPS) is 18.4. The number of halogens is 1. The van der Waals surface area contributed by atoms with Gasteiger partial charge >= 0.3 is 0 Å². The van der Waals surface area contributed by atoms with Crippen molar-refractivity contribution in [2.45, 2.75) is 64.0 Å². The second-order valence-corrected chi connectivity index (χ2v) is 8.91. The molecule has 0 saturated heterocycles. The fourth-order valence-electron chi connectivity index (χ4n) is 3.98. The molecule has 3 N–H and O–H groups in total. The van der Waals surface area contributed by atoms with Crippen molar-refractivity contribution in [3.05, 3.63) is 27.1 Å². The summed E-state index contributed by atoms with van der Waals surface area (Å²) in [5.41, 5.74) is 6.72. The van der Waals surface area contributed by atoms with Gasteiger partial charge in [0.15, 0.2) is 0 Å². The number of carbonyl (C=O) groups is 1. The lowest BCUT2D eigenvalue weighted by Crippen LogP contribution is -2.53. The Morgan fingerprint density at radius 2 is 2.15 bits per heavy atom. The molecule has 2 heterocycles. The number of aryl methyl sites for hydroxylation is 3. The fraction of sp³-hybridized carbons (Fsp3) is 0.632. The smallest absolute Gasteiger partial charge is 0.262 e. The molecule has 8 heteroatoms. The van der Waals surface area contributed by atoms with Crippen LogP contribution in [0.5, 0.6) is 0 Å². The molecule has 1 saturated carbocycles. The minimum atomic E-state index is -0.323. The van der Waals surface area contributed by atoms with E-state index in [0.717, 1.165) is 42.3 Å². The number of nitrogens with zero attached hydrogens (tertiary/aromatic N) is 2. The summed E-state index contributed by atoms with van der Waals surface area (Å²) in [5, 5.41) is 3.85. The molecule has 0 spiro atoms. The number of fused-ring (bicyclic) bond motifs is 3. The Morgan fingerprint density at radius 1 is 1.41 bits per heavy atom. The highest BCUT2D eigenvalue weighted by atomic mass is 35.5. The van der Waals surface area contributed by atoms with Crippen molar-refractivity contribution < 1.29 is 4.79 Å². The molecule has 1 amide bonds. The van der Waals surface area contributed by atoms with E-state index in [0.29, 0.717) is 19.0 Å². The van der Waals surface area contributed by atoms with Crippen LogP contribution in [0.1, 0.15) is 49.5 Å². The lowest BCUT2D eigenvalue weighted by atomic mass is 9.96. The van der Waals surface area contributed by atoms with Gasteiger partial charge in [0.05, 0.1) is 17.3 Å². The van der Waals surface area contributed by atoms with Gasteiger partial charge in [-0.15, -0.1) is 23.7 Å². The third-order valence-corrected chi connectivity index (χ3v) is 7.05. The summed E-state index contributed by atoms with van der Waals surface area (Å²) in [6.45, 7) is 2.81. The van der Waals surface area contributed by atoms with Crippen molar-refractivity contribution in [3.63, 3.8) is 0 Å². The number of hydrogen-bond acceptors (Lipinski definition) is 5. The van der Waals surface area contributed by atoms with Crippen LogP contribution in [0, 0.1) is 5.92 Å². The molecule has 2 aliphatic carbocycles. The first kappa shape index (κ1) is 20.3. The summed E-state index contributed by atoms with van der Waals surface area (Å²) in [6, 6.07) is 0. The Kier molecular flexibility index (Phi) is 5.93. The number of hydrogen-bond donors (Lipinski definition) is 2. The first-order valence-electron chi connectivity index (χ1n) is 9.52. The van der Waals surface area contributed by atoms with Gasteiger partial charge in [-0.1, -0.05) is 0 Å². The molecule has 2 aromatic heterocycles. The minimum absolute atomic E-state index is 0. The highest BCUT2D eigenvalue weighted by Gasteiger charge is 2.41. The van der Waals surface area contributed by atoms with E-state index < -0.39 is 0 Å². The number of nitrogens with two attached hydrogens (primary N) is 1. The molecule has 1 atom stereocenters. The van der Waals surface area contributed by atoms with Gasteiger partial charge in [0.2, 0.25) is 5.91 Å². The second kappa shape index (κ2) is 7.89. The van der Waals surface area contributed by atoms with Gasteiger partial charge in [0.1, 0.15) is 4.83 Å². The van der Waals surface area contributed by atoms with E-state index in [4.69, 9.17) is 5.73 Å². The van der Waals surface area contributed by atoms with Crippen LogP contribution in [-0.4, -0.2) is 27.5 Å². The molecular formula is C19H27ClN4O2S. The molecule has 0 radical (unpaired) electrons. The first-order chi connectivity index (χ1) is 12.5. The van der Waals surface area contributed by atoms with Crippen LogP contribution < -0.4 is 16.6 Å². The number of nitrogens with one attached hydrogen (secondary N) is 1. The highest BCUT2D eigenvalue weighted by Crippen LogP contribution is 2.39. The highest BCUT2D eigenvalue weighted by molar-refractivity contribution is 7.18. The number of rotatable bonds is 6. The molecule has 1 fully saturated rings. The van der Waals surface area contributed by atoms with Crippen molar-refractivity contribution >= 4 is 39.9 Å². The van der Waals surface area contributed by atoms with Gasteiger partial charge in [-0.25, -0.2) is 4.98 Å². The molecule has 6 nitrogen and oxygen atoms in total. The monoisotopic (exact) mass is 410 g/mol. The summed E-state index contributed by atoms with van der Waals surface area (Å²) in [7, 11) is 0. The molecule has 0 aliphatic heterocycles. The van der Waals surface area contributed by atoms with E-state index in [1.165, 1.54) is 16.9 Å². The van der Waals surface area contributed by atoms with Crippen LogP contribution in [0.4, 0.5) is 0 Å². The molecule has 2 aromatic rings. The van der Waals surface area contributed by atoms with Gasteiger partial charge in [-0.2, -0.15) is 0 Å². The predicted molar refractivity (Wildman–Crippen MR) is 111 cm³/mol. The largest absolute Gasteiger partial charge is 0.349 e. The summed E-state index contributed by atoms with van der Waals surface area (Å²) < 4.78 is 1.58. The van der Waals surface area contributed by atoms with Gasteiger partial charge < -0.3 is 11.1 Å². The number of amides is 1. The van der Waals surface area contributed by atoms with Crippen molar-refractivity contribution in [1.82, 2.24) is 14.9 Å². The van der Waals surface area contributed by atoms with E-state index >= 15 is 0 Å². The number of thiophene rings is 1. The molecule has 2 aliphatic rings. The zero-order chi connectivity index (χ0) is 18.3. The third kappa shape index (κ3) is 3.91. The summed E-state index contributed by atoms with van der Waals surface area (Å²) in [5.74, 6) is 0.429. The maximum atomic E-state index is 12.9. The quantitative estimate of drug-likeness (QED) is 0.765. The Morgan fingerprint density at radius 3 is 2.85 bits per heavy atom. The van der Waals surface area contributed by atoms with E-state index in [1.54, 1.807) is 22.2 Å². The van der Waals surface area contributed by atoms with Gasteiger partial charge in [0, 0.05) is 24.4 Å². The lowest BCUT2D eigenvalue weighted by molar-refractivity contribution is -0.123. The average molecular weight is 411 g/mol. The molecule has 0 bridgehead atoms. The Balaban J connectivity index is 0.00000210. The topological polar surface area (TPSA) is 90.0 Å². The minimum Gasteiger partial charge on any atom is -0.349 e. The van der Waals surface area contributed by atoms with Gasteiger partial charge in [0.25, 0.3) is 5.56 Å². The summed E-state index contributed by atoms with van der Waals surface area (Å²) in [6.07, 6.45) is 8.44. The maximum Gasteiger partial charge on any atom is 0.262 e. The summed E-state index contributed by atoms with van der Waals surface area (Å²) in [4.78, 5) is 31.9. The van der Waals surface area contributed by atoms with E-state index in [1.807, 2.05) is 6.92 Å². The van der Waals surface area contributed by atoms with E-state index in [9.17, 15) is 9.59 Å². The Labute approximate surface area is 169 Å². The van der Waals surface area contributed by atoms with Crippen molar-refractivity contribution in [2.24, 2.45) is 11.7 Å². The third-order valence-electron chi connectivity index (χ3n) is 5.85. The lowest BCUT2D eigenvalue weighted by Gasteiger charge is -2.29. The molecule has 4 rings (SSSR count). The average Bonchev–Trinajstić information content (AvgIpc) is 3.42. The number of carbonyl (C=O) groups excluding carboxylic acids is 1. The van der Waals surface area contributed by atoms with Crippen LogP contribution in [0.3, 0.4) is 0 Å². The fourth-order valence-corrected chi connectivity index (χ4v) is 5.20. The van der Waals surface area contributed by atoms with Crippen molar-refractivity contribution in [2.75, 3.05) is 6.54 Å². The van der Waals surface area contributed by atoms with Crippen molar-refractivity contribution in [1.29, 1.82) is 0 Å². The molecule has 27 heavy (non-hydrogen) atoms. The zero-order valence-electron chi connectivity index (χ0n) is 15.6. The zero-order valence-corrected chi connectivity index (χ0v) is 17.3. The van der Waals surface area contributed by atoms with Crippen LogP contribution >= 0.6 is 23.7 Å². The Hall–Kier alpha value is -1.44. The number of aromatic nitrogens is 2. The van der Waals surface area contributed by atoms with Gasteiger partial charge in [-0.3, -0.25) is 14.2 Å². The molecule has 148 valence electrons. The molecule has 1 unspecified atom stereocenters. The van der Waals surface area contributed by atoms with Gasteiger partial charge in [-0.05, 0) is 56.9 Å². The molecule has 0 aromatic carbocycles. The second-order valence-electron chi connectivity index (χ2n) is 7.83. The van der Waals surface area contributed by atoms with E-state index in [-0.39, 0.29) is 35.8 Å². The van der Waals surface area contributed by atoms with Crippen molar-refractivity contribution in [3.8, 4) is 0 Å². The van der Waals surface area contributed by atoms with Crippen LogP contribution in [0.15, 0.2) is 11.1 Å². The SMILES string of the molecule is CC(CN)(NC(=O)CCn1cnc2sc3c(c2c1=O)CCCC3)C1CC1.Cl.